The fraction of sp³-hybridized carbons (Fsp3) is 0.583. The van der Waals surface area contributed by atoms with Gasteiger partial charge in [0.15, 0.2) is 11.5 Å². The zero-order chi connectivity index (χ0) is 12.4. The molecule has 0 amide bonds. The number of imidazole rings is 1. The molecule has 2 aromatic heterocycles. The van der Waals surface area contributed by atoms with Gasteiger partial charge in [0.1, 0.15) is 5.52 Å². The zero-order valence-electron chi connectivity index (χ0n) is 10.1. The van der Waals surface area contributed by atoms with Crippen molar-refractivity contribution in [2.45, 2.75) is 44.6 Å². The molecule has 2 heterocycles. The van der Waals surface area contributed by atoms with Crippen LogP contribution >= 0.6 is 11.6 Å². The largest absolute Gasteiger partial charge is 0.365 e. The Bertz CT molecular complexity index is 530. The lowest BCUT2D eigenvalue weighted by Crippen LogP contribution is -2.19. The number of halogens is 1. The van der Waals surface area contributed by atoms with Crippen molar-refractivity contribution in [1.82, 2.24) is 19.9 Å². The van der Waals surface area contributed by atoms with Crippen molar-refractivity contribution in [3.63, 3.8) is 0 Å². The lowest BCUT2D eigenvalue weighted by atomic mass is 10.1. The molecule has 0 unspecified atom stereocenters. The summed E-state index contributed by atoms with van der Waals surface area (Å²) in [7, 11) is 0. The SMILES string of the molecule is Clc1nc(NC2CCCCCC2)c2[nH]cnc2n1. The van der Waals surface area contributed by atoms with Crippen LogP contribution in [0.2, 0.25) is 5.28 Å². The summed E-state index contributed by atoms with van der Waals surface area (Å²) < 4.78 is 0. The fourth-order valence-electron chi connectivity index (χ4n) is 2.53. The quantitative estimate of drug-likeness (QED) is 0.647. The lowest BCUT2D eigenvalue weighted by molar-refractivity contribution is 0.618. The first-order chi connectivity index (χ1) is 8.83. The van der Waals surface area contributed by atoms with Crippen LogP contribution in [0.15, 0.2) is 6.33 Å². The Morgan fingerprint density at radius 3 is 2.72 bits per heavy atom. The highest BCUT2D eigenvalue weighted by molar-refractivity contribution is 6.28. The molecular weight excluding hydrogens is 250 g/mol. The van der Waals surface area contributed by atoms with Crippen molar-refractivity contribution >= 4 is 28.6 Å². The first kappa shape index (κ1) is 11.7. The lowest BCUT2D eigenvalue weighted by Gasteiger charge is -2.17. The van der Waals surface area contributed by atoms with E-state index in [2.05, 4.69) is 25.3 Å². The number of anilines is 1. The summed E-state index contributed by atoms with van der Waals surface area (Å²) >= 11 is 5.91. The molecule has 0 bridgehead atoms. The molecule has 1 fully saturated rings. The van der Waals surface area contributed by atoms with Crippen LogP contribution in [-0.2, 0) is 0 Å². The molecule has 0 spiro atoms. The van der Waals surface area contributed by atoms with E-state index < -0.39 is 0 Å². The molecule has 1 aliphatic rings. The first-order valence-corrected chi connectivity index (χ1v) is 6.84. The monoisotopic (exact) mass is 265 g/mol. The molecule has 96 valence electrons. The highest BCUT2D eigenvalue weighted by Gasteiger charge is 2.15. The van der Waals surface area contributed by atoms with Crippen LogP contribution in [-0.4, -0.2) is 26.0 Å². The van der Waals surface area contributed by atoms with Crippen molar-refractivity contribution < 1.29 is 0 Å². The van der Waals surface area contributed by atoms with E-state index in [1.54, 1.807) is 6.33 Å². The maximum Gasteiger partial charge on any atom is 0.226 e. The summed E-state index contributed by atoms with van der Waals surface area (Å²) in [6, 6.07) is 0.477. The van der Waals surface area contributed by atoms with Gasteiger partial charge in [-0.15, -0.1) is 0 Å². The average molecular weight is 266 g/mol. The van der Waals surface area contributed by atoms with Crippen molar-refractivity contribution in [3.05, 3.63) is 11.6 Å². The minimum atomic E-state index is 0.241. The number of rotatable bonds is 2. The highest BCUT2D eigenvalue weighted by atomic mass is 35.5. The topological polar surface area (TPSA) is 66.5 Å². The summed E-state index contributed by atoms with van der Waals surface area (Å²) in [5.74, 6) is 0.773. The molecule has 0 radical (unpaired) electrons. The summed E-state index contributed by atoms with van der Waals surface area (Å²) in [6.45, 7) is 0. The molecule has 0 aromatic carbocycles. The van der Waals surface area contributed by atoms with Crippen molar-refractivity contribution in [2.75, 3.05) is 5.32 Å². The number of hydrogen-bond acceptors (Lipinski definition) is 4. The van der Waals surface area contributed by atoms with E-state index in [0.717, 1.165) is 11.3 Å². The van der Waals surface area contributed by atoms with E-state index in [9.17, 15) is 0 Å². The van der Waals surface area contributed by atoms with Crippen LogP contribution in [0, 0.1) is 0 Å². The second-order valence-corrected chi connectivity index (χ2v) is 5.11. The highest BCUT2D eigenvalue weighted by Crippen LogP contribution is 2.24. The molecule has 6 heteroatoms. The van der Waals surface area contributed by atoms with Crippen LogP contribution < -0.4 is 5.32 Å². The van der Waals surface area contributed by atoms with Gasteiger partial charge < -0.3 is 10.3 Å². The number of nitrogens with one attached hydrogen (secondary N) is 2. The fourth-order valence-corrected chi connectivity index (χ4v) is 2.69. The standard InChI is InChI=1S/C12H16ClN5/c13-12-17-10-9(14-7-15-10)11(18-12)16-8-5-3-1-2-4-6-8/h7-8H,1-6H2,(H2,14,15,16,17,18). The van der Waals surface area contributed by atoms with Gasteiger partial charge in [0, 0.05) is 6.04 Å². The van der Waals surface area contributed by atoms with Gasteiger partial charge in [-0.3, -0.25) is 0 Å². The smallest absolute Gasteiger partial charge is 0.226 e. The summed E-state index contributed by atoms with van der Waals surface area (Å²) in [6.07, 6.45) is 9.23. The van der Waals surface area contributed by atoms with Gasteiger partial charge in [-0.05, 0) is 24.4 Å². The Kier molecular flexibility index (Phi) is 3.32. The Labute approximate surface area is 110 Å². The third-order valence-electron chi connectivity index (χ3n) is 3.45. The van der Waals surface area contributed by atoms with E-state index in [-0.39, 0.29) is 5.28 Å². The van der Waals surface area contributed by atoms with Crippen molar-refractivity contribution in [1.29, 1.82) is 0 Å². The van der Waals surface area contributed by atoms with Gasteiger partial charge in [0.2, 0.25) is 5.28 Å². The molecule has 1 saturated carbocycles. The first-order valence-electron chi connectivity index (χ1n) is 6.46. The summed E-state index contributed by atoms with van der Waals surface area (Å²) in [4.78, 5) is 15.5. The number of nitrogens with zero attached hydrogens (tertiary/aromatic N) is 3. The minimum absolute atomic E-state index is 0.241. The molecule has 0 atom stereocenters. The van der Waals surface area contributed by atoms with Crippen LogP contribution in [0.5, 0.6) is 0 Å². The van der Waals surface area contributed by atoms with Crippen LogP contribution in [0.3, 0.4) is 0 Å². The van der Waals surface area contributed by atoms with Gasteiger partial charge in [-0.1, -0.05) is 25.7 Å². The summed E-state index contributed by atoms with van der Waals surface area (Å²) in [5, 5.41) is 3.73. The van der Waals surface area contributed by atoms with Crippen LogP contribution in [0.1, 0.15) is 38.5 Å². The van der Waals surface area contributed by atoms with E-state index in [1.165, 1.54) is 38.5 Å². The Balaban J connectivity index is 1.86. The van der Waals surface area contributed by atoms with Crippen LogP contribution in [0.25, 0.3) is 11.2 Å². The van der Waals surface area contributed by atoms with Gasteiger partial charge >= 0.3 is 0 Å². The Hall–Kier alpha value is -1.36. The van der Waals surface area contributed by atoms with E-state index >= 15 is 0 Å². The third kappa shape index (κ3) is 2.41. The second kappa shape index (κ2) is 5.10. The Morgan fingerprint density at radius 2 is 1.94 bits per heavy atom. The number of hydrogen-bond donors (Lipinski definition) is 2. The molecule has 2 N–H and O–H groups in total. The van der Waals surface area contributed by atoms with E-state index in [0.29, 0.717) is 11.7 Å². The molecule has 18 heavy (non-hydrogen) atoms. The number of aromatic nitrogens is 4. The summed E-state index contributed by atoms with van der Waals surface area (Å²) in [5.41, 5.74) is 1.45. The van der Waals surface area contributed by atoms with Crippen molar-refractivity contribution in [2.24, 2.45) is 0 Å². The molecule has 1 aliphatic carbocycles. The normalized spacial score (nSPS) is 17.8. The molecule has 3 rings (SSSR count). The predicted molar refractivity (Wildman–Crippen MR) is 71.8 cm³/mol. The van der Waals surface area contributed by atoms with E-state index in [4.69, 9.17) is 11.6 Å². The number of H-pyrrole nitrogens is 1. The van der Waals surface area contributed by atoms with Crippen LogP contribution in [0.4, 0.5) is 5.82 Å². The molecule has 5 nitrogen and oxygen atoms in total. The second-order valence-electron chi connectivity index (χ2n) is 4.78. The average Bonchev–Trinajstić information content (AvgIpc) is 2.66. The molecule has 2 aromatic rings. The molecule has 0 aliphatic heterocycles. The van der Waals surface area contributed by atoms with Gasteiger partial charge in [0.25, 0.3) is 0 Å². The molecule has 0 saturated heterocycles. The maximum atomic E-state index is 5.91. The zero-order valence-corrected chi connectivity index (χ0v) is 10.9. The third-order valence-corrected chi connectivity index (χ3v) is 3.62. The van der Waals surface area contributed by atoms with Crippen molar-refractivity contribution in [3.8, 4) is 0 Å². The number of fused-ring (bicyclic) bond motifs is 1. The molecular formula is C12H16ClN5. The minimum Gasteiger partial charge on any atom is -0.365 e. The Morgan fingerprint density at radius 1 is 1.17 bits per heavy atom. The maximum absolute atomic E-state index is 5.91. The van der Waals surface area contributed by atoms with Gasteiger partial charge in [-0.2, -0.15) is 9.97 Å². The van der Waals surface area contributed by atoms with Gasteiger partial charge in [-0.25, -0.2) is 4.98 Å². The van der Waals surface area contributed by atoms with Gasteiger partial charge in [0.05, 0.1) is 6.33 Å². The number of aromatic amines is 1. The van der Waals surface area contributed by atoms with E-state index in [1.807, 2.05) is 0 Å². The predicted octanol–water partition coefficient (Wildman–Crippen LogP) is 3.14.